The number of aromatic nitrogens is 1. The normalized spacial score (nSPS) is 10.5. The van der Waals surface area contributed by atoms with Gasteiger partial charge in [-0.2, -0.15) is 4.39 Å². The molecule has 0 amide bonds. The van der Waals surface area contributed by atoms with Gasteiger partial charge in [-0.3, -0.25) is 0 Å². The third-order valence-electron chi connectivity index (χ3n) is 1.50. The highest BCUT2D eigenvalue weighted by atomic mass is 19.3. The van der Waals surface area contributed by atoms with Crippen LogP contribution in [0.4, 0.5) is 19.0 Å². The summed E-state index contributed by atoms with van der Waals surface area (Å²) in [4.78, 5) is 4.65. The summed E-state index contributed by atoms with van der Waals surface area (Å²) >= 11 is 0. The van der Waals surface area contributed by atoms with Gasteiger partial charge in [-0.25, -0.2) is 13.8 Å². The van der Waals surface area contributed by atoms with E-state index in [9.17, 15) is 13.2 Å². The Morgan fingerprint density at radius 1 is 1.46 bits per heavy atom. The maximum absolute atomic E-state index is 12.5. The third kappa shape index (κ3) is 2.93. The van der Waals surface area contributed by atoms with Crippen LogP contribution in [0.25, 0.3) is 0 Å². The molecule has 0 N–H and O–H groups in total. The van der Waals surface area contributed by atoms with E-state index in [0.29, 0.717) is 0 Å². The van der Waals surface area contributed by atoms with Gasteiger partial charge >= 0.3 is 0 Å². The average Bonchev–Trinajstić information content (AvgIpc) is 2.03. The predicted octanol–water partition coefficient (Wildman–Crippen LogP) is 1.92. The average molecular weight is 190 g/mol. The molecule has 72 valence electrons. The molecule has 0 atom stereocenters. The summed E-state index contributed by atoms with van der Waals surface area (Å²) < 4.78 is 36.4. The van der Waals surface area contributed by atoms with E-state index in [0.717, 1.165) is 0 Å². The highest BCUT2D eigenvalue weighted by molar-refractivity contribution is 5.36. The van der Waals surface area contributed by atoms with Crippen LogP contribution < -0.4 is 4.90 Å². The Morgan fingerprint density at radius 3 is 2.69 bits per heavy atom. The number of anilines is 1. The Morgan fingerprint density at radius 2 is 2.15 bits per heavy atom. The molecule has 13 heavy (non-hydrogen) atoms. The van der Waals surface area contributed by atoms with Gasteiger partial charge in [0.25, 0.3) is 6.43 Å². The number of halogens is 3. The molecule has 1 aromatic heterocycles. The molecule has 0 aliphatic carbocycles. The quantitative estimate of drug-likeness (QED) is 0.677. The molecule has 0 fully saturated rings. The molecule has 2 nitrogen and oxygen atoms in total. The molecule has 0 unspecified atom stereocenters. The van der Waals surface area contributed by atoms with Crippen LogP contribution in [0.1, 0.15) is 0 Å². The summed E-state index contributed by atoms with van der Waals surface area (Å²) in [5.74, 6) is -0.459. The van der Waals surface area contributed by atoms with Crippen LogP contribution in [0, 0.1) is 5.95 Å². The van der Waals surface area contributed by atoms with Crippen molar-refractivity contribution in [2.24, 2.45) is 0 Å². The number of hydrogen-bond donors (Lipinski definition) is 0. The maximum atomic E-state index is 12.5. The van der Waals surface area contributed by atoms with Crippen molar-refractivity contribution >= 4 is 5.82 Å². The molecule has 0 aliphatic heterocycles. The van der Waals surface area contributed by atoms with E-state index in [4.69, 9.17) is 0 Å². The molecule has 0 saturated carbocycles. The van der Waals surface area contributed by atoms with Gasteiger partial charge in [0.1, 0.15) is 5.82 Å². The van der Waals surface area contributed by atoms with Gasteiger partial charge in [0.2, 0.25) is 5.95 Å². The second-order valence-corrected chi connectivity index (χ2v) is 2.59. The van der Waals surface area contributed by atoms with Crippen LogP contribution in [-0.4, -0.2) is 25.0 Å². The molecule has 0 radical (unpaired) electrons. The first-order valence-electron chi connectivity index (χ1n) is 3.71. The molecule has 0 aliphatic rings. The fourth-order valence-corrected chi connectivity index (χ4v) is 0.911. The fraction of sp³-hybridized carbons (Fsp3) is 0.375. The minimum Gasteiger partial charge on any atom is -0.354 e. The number of rotatable bonds is 3. The topological polar surface area (TPSA) is 16.1 Å². The van der Waals surface area contributed by atoms with E-state index < -0.39 is 18.9 Å². The van der Waals surface area contributed by atoms with Gasteiger partial charge in [0.15, 0.2) is 0 Å². The number of alkyl halides is 2. The van der Waals surface area contributed by atoms with Crippen molar-refractivity contribution < 1.29 is 13.2 Å². The maximum Gasteiger partial charge on any atom is 0.255 e. The van der Waals surface area contributed by atoms with Crippen LogP contribution in [-0.2, 0) is 0 Å². The van der Waals surface area contributed by atoms with Gasteiger partial charge in [-0.15, -0.1) is 0 Å². The van der Waals surface area contributed by atoms with Crippen LogP contribution in [0.15, 0.2) is 18.2 Å². The largest absolute Gasteiger partial charge is 0.354 e. The summed E-state index contributed by atoms with van der Waals surface area (Å²) in [5, 5.41) is 0. The highest BCUT2D eigenvalue weighted by Gasteiger charge is 2.09. The zero-order valence-corrected chi connectivity index (χ0v) is 7.04. The lowest BCUT2D eigenvalue weighted by atomic mass is 10.4. The summed E-state index contributed by atoms with van der Waals surface area (Å²) in [6.45, 7) is -0.448. The smallest absolute Gasteiger partial charge is 0.255 e. The second-order valence-electron chi connectivity index (χ2n) is 2.59. The lowest BCUT2D eigenvalue weighted by Crippen LogP contribution is -2.24. The molecule has 0 saturated heterocycles. The predicted molar refractivity (Wildman–Crippen MR) is 43.5 cm³/mol. The summed E-state index contributed by atoms with van der Waals surface area (Å²) in [6, 6.07) is 4.07. The van der Waals surface area contributed by atoms with Gasteiger partial charge in [0, 0.05) is 7.05 Å². The first-order valence-corrected chi connectivity index (χ1v) is 3.71. The minimum absolute atomic E-state index is 0.209. The Balaban J connectivity index is 2.71. The van der Waals surface area contributed by atoms with Crippen LogP contribution >= 0.6 is 0 Å². The summed E-state index contributed by atoms with van der Waals surface area (Å²) in [5.41, 5.74) is 0. The van der Waals surface area contributed by atoms with Gasteiger partial charge < -0.3 is 4.90 Å². The van der Waals surface area contributed by atoms with Crippen molar-refractivity contribution in [3.05, 3.63) is 24.1 Å². The van der Waals surface area contributed by atoms with Crippen molar-refractivity contribution in [3.8, 4) is 0 Å². The van der Waals surface area contributed by atoms with Crippen molar-refractivity contribution in [2.45, 2.75) is 6.43 Å². The van der Waals surface area contributed by atoms with Crippen molar-refractivity contribution in [1.82, 2.24) is 4.98 Å². The monoisotopic (exact) mass is 190 g/mol. The van der Waals surface area contributed by atoms with E-state index in [1.807, 2.05) is 0 Å². The van der Waals surface area contributed by atoms with E-state index in [1.54, 1.807) is 0 Å². The van der Waals surface area contributed by atoms with E-state index in [2.05, 4.69) is 4.98 Å². The Kier molecular flexibility index (Phi) is 3.11. The van der Waals surface area contributed by atoms with Crippen LogP contribution in [0.2, 0.25) is 0 Å². The molecule has 0 spiro atoms. The molecule has 1 heterocycles. The Hall–Kier alpha value is -1.26. The number of hydrogen-bond acceptors (Lipinski definition) is 2. The minimum atomic E-state index is -2.45. The SMILES string of the molecule is CN(CC(F)F)c1cccc(F)n1. The lowest BCUT2D eigenvalue weighted by molar-refractivity contribution is 0.156. The lowest BCUT2D eigenvalue weighted by Gasteiger charge is -2.16. The first kappa shape index (κ1) is 9.83. The number of pyridine rings is 1. The van der Waals surface area contributed by atoms with Gasteiger partial charge in [0.05, 0.1) is 6.54 Å². The van der Waals surface area contributed by atoms with E-state index in [-0.39, 0.29) is 5.82 Å². The third-order valence-corrected chi connectivity index (χ3v) is 1.50. The molecule has 5 heteroatoms. The summed E-state index contributed by atoms with van der Waals surface area (Å²) in [6.07, 6.45) is -2.45. The Bertz CT molecular complexity index is 278. The van der Waals surface area contributed by atoms with Gasteiger partial charge in [-0.1, -0.05) is 6.07 Å². The summed E-state index contributed by atoms with van der Waals surface area (Å²) in [7, 11) is 1.44. The van der Waals surface area contributed by atoms with Crippen molar-refractivity contribution in [3.63, 3.8) is 0 Å². The second kappa shape index (κ2) is 4.11. The molecule has 1 rings (SSSR count). The zero-order valence-electron chi connectivity index (χ0n) is 7.04. The number of nitrogens with zero attached hydrogens (tertiary/aromatic N) is 2. The first-order chi connectivity index (χ1) is 6.09. The van der Waals surface area contributed by atoms with E-state index in [1.165, 1.54) is 30.1 Å². The molecule has 0 bridgehead atoms. The molecule has 1 aromatic rings. The van der Waals surface area contributed by atoms with Crippen LogP contribution in [0.3, 0.4) is 0 Å². The van der Waals surface area contributed by atoms with Crippen LogP contribution in [0.5, 0.6) is 0 Å². The van der Waals surface area contributed by atoms with Crippen molar-refractivity contribution in [2.75, 3.05) is 18.5 Å². The van der Waals surface area contributed by atoms with Gasteiger partial charge in [-0.05, 0) is 12.1 Å². The standard InChI is InChI=1S/C8H9F3N2/c1-13(5-6(9)10)8-4-2-3-7(11)12-8/h2-4,6H,5H2,1H3. The fourth-order valence-electron chi connectivity index (χ4n) is 0.911. The molecule has 0 aromatic carbocycles. The zero-order chi connectivity index (χ0) is 9.84. The molecular weight excluding hydrogens is 181 g/mol. The highest BCUT2D eigenvalue weighted by Crippen LogP contribution is 2.10. The van der Waals surface area contributed by atoms with Crippen molar-refractivity contribution in [1.29, 1.82) is 0 Å². The Labute approximate surface area is 74.0 Å². The molecular formula is C8H9F3N2. The van der Waals surface area contributed by atoms with E-state index >= 15 is 0 Å².